The highest BCUT2D eigenvalue weighted by Gasteiger charge is 2.50. The van der Waals surface area contributed by atoms with Gasteiger partial charge in [0, 0.05) is 76.8 Å². The Morgan fingerprint density at radius 1 is 1.02 bits per heavy atom. The third kappa shape index (κ3) is 8.95. The van der Waals surface area contributed by atoms with Crippen molar-refractivity contribution < 1.29 is 18.7 Å². The molecule has 4 rings (SSSR count). The minimum atomic E-state index is -0.509. The van der Waals surface area contributed by atoms with Crippen LogP contribution in [-0.4, -0.2) is 125 Å². The molecule has 2 amide bonds. The van der Waals surface area contributed by atoms with Crippen molar-refractivity contribution >= 4 is 17.6 Å². The minimum Gasteiger partial charge on any atom is -0.434 e. The quantitative estimate of drug-likeness (QED) is 0.269. The molecule has 2 saturated heterocycles. The maximum atomic E-state index is 14.4. The zero-order valence-corrected chi connectivity index (χ0v) is 29.9. The zero-order chi connectivity index (χ0) is 34.5. The Hall–Kier alpha value is -3.38. The molecule has 1 aromatic carbocycles. The van der Waals surface area contributed by atoms with Gasteiger partial charge < -0.3 is 24.3 Å². The third-order valence-electron chi connectivity index (χ3n) is 9.60. The van der Waals surface area contributed by atoms with Gasteiger partial charge in [-0.15, -0.1) is 10.2 Å². The number of carbonyl (C=O) groups excluding carboxylic acids is 2. The Kier molecular flexibility index (Phi) is 12.2. The van der Waals surface area contributed by atoms with Gasteiger partial charge in [-0.05, 0) is 84.7 Å². The molecule has 2 aromatic rings. The third-order valence-corrected chi connectivity index (χ3v) is 9.60. The van der Waals surface area contributed by atoms with Crippen LogP contribution in [0.2, 0.25) is 0 Å². The number of rotatable bonds is 15. The molecule has 1 spiro atoms. The number of carbonyl (C=O) groups is 2. The van der Waals surface area contributed by atoms with E-state index < -0.39 is 5.82 Å². The first-order chi connectivity index (χ1) is 22.2. The molecule has 2 aliphatic heterocycles. The van der Waals surface area contributed by atoms with Crippen LogP contribution in [0.15, 0.2) is 24.5 Å². The lowest BCUT2D eigenvalue weighted by molar-refractivity contribution is -0.128. The number of likely N-dealkylation sites (tertiary alicyclic amines) is 1. The Morgan fingerprint density at radius 2 is 1.72 bits per heavy atom. The van der Waals surface area contributed by atoms with Crippen LogP contribution in [0.25, 0.3) is 0 Å². The van der Waals surface area contributed by atoms with Crippen molar-refractivity contribution in [3.63, 3.8) is 0 Å². The summed E-state index contributed by atoms with van der Waals surface area (Å²) in [6, 6.07) is 4.35. The molecule has 0 saturated carbocycles. The number of ether oxygens (including phenoxy) is 1. The fourth-order valence-electron chi connectivity index (χ4n) is 7.16. The number of anilines is 1. The number of nitrogens with zero attached hydrogens (tertiary/aromatic N) is 8. The predicted molar refractivity (Wildman–Crippen MR) is 182 cm³/mol. The van der Waals surface area contributed by atoms with Gasteiger partial charge in [-0.1, -0.05) is 13.8 Å². The molecule has 12 heteroatoms. The lowest BCUT2D eigenvalue weighted by Gasteiger charge is -2.53. The second-order valence-corrected chi connectivity index (χ2v) is 14.6. The number of halogens is 1. The van der Waals surface area contributed by atoms with Crippen LogP contribution in [0.3, 0.4) is 0 Å². The van der Waals surface area contributed by atoms with Gasteiger partial charge in [-0.3, -0.25) is 14.5 Å². The monoisotopic (exact) mass is 654 g/mol. The predicted octanol–water partition coefficient (Wildman–Crippen LogP) is 4.79. The van der Waals surface area contributed by atoms with Gasteiger partial charge in [0.15, 0.2) is 5.82 Å². The normalized spacial score (nSPS) is 16.8. The highest BCUT2D eigenvalue weighted by atomic mass is 19.1. The van der Waals surface area contributed by atoms with Crippen molar-refractivity contribution in [3.05, 3.63) is 35.9 Å². The van der Waals surface area contributed by atoms with Crippen LogP contribution < -0.4 is 9.64 Å². The second kappa shape index (κ2) is 15.7. The number of hydrogen-bond acceptors (Lipinski definition) is 9. The van der Waals surface area contributed by atoms with Crippen molar-refractivity contribution in [3.8, 4) is 11.6 Å². The summed E-state index contributed by atoms with van der Waals surface area (Å²) in [4.78, 5) is 40.5. The number of hydrogen-bond donors (Lipinski definition) is 0. The number of benzene rings is 1. The fourth-order valence-corrected chi connectivity index (χ4v) is 7.16. The summed E-state index contributed by atoms with van der Waals surface area (Å²) < 4.78 is 20.6. The van der Waals surface area contributed by atoms with Gasteiger partial charge in [0.2, 0.25) is 5.91 Å². The largest absolute Gasteiger partial charge is 0.434 e. The minimum absolute atomic E-state index is 0.0724. The lowest BCUT2D eigenvalue weighted by atomic mass is 9.76. The Bertz CT molecular complexity index is 1360. The Balaban J connectivity index is 1.39. The standard InChI is InChI=1S/C35H55FN8O3/c1-24(2)29(11-10-16-41(9)17-14-31(45)40(7)8)43-21-35(22-43)15-18-42(20-35)32-33(39-38-23-37-32)47-30-13-12-27(36)19-28(30)34(46)44(25(3)4)26(5)6/h12-13,19,23-26,29H,10-11,14-18,20-22H2,1-9H3/t29-/m1/s1. The molecule has 2 aliphatic rings. The highest BCUT2D eigenvalue weighted by molar-refractivity contribution is 5.97. The van der Waals surface area contributed by atoms with Crippen LogP contribution in [0, 0.1) is 17.2 Å². The van der Waals surface area contributed by atoms with Crippen molar-refractivity contribution in [2.75, 3.05) is 65.3 Å². The van der Waals surface area contributed by atoms with Gasteiger partial charge in [-0.25, -0.2) is 9.37 Å². The van der Waals surface area contributed by atoms with Crippen molar-refractivity contribution in [2.45, 2.75) is 85.4 Å². The topological polar surface area (TPSA) is 98.2 Å². The Morgan fingerprint density at radius 3 is 2.36 bits per heavy atom. The molecule has 3 heterocycles. The lowest BCUT2D eigenvalue weighted by Crippen LogP contribution is -2.62. The summed E-state index contributed by atoms with van der Waals surface area (Å²) in [5, 5.41) is 8.24. The van der Waals surface area contributed by atoms with E-state index in [0.29, 0.717) is 24.2 Å². The molecular weight excluding hydrogens is 599 g/mol. The average molecular weight is 655 g/mol. The molecule has 11 nitrogen and oxygen atoms in total. The molecule has 0 radical (unpaired) electrons. The molecule has 0 bridgehead atoms. The molecule has 1 atom stereocenters. The van der Waals surface area contributed by atoms with E-state index in [-0.39, 0.29) is 46.5 Å². The van der Waals surface area contributed by atoms with E-state index in [0.717, 1.165) is 58.5 Å². The fraction of sp³-hybridized carbons (Fsp3) is 0.686. The first-order valence-corrected chi connectivity index (χ1v) is 17.1. The maximum Gasteiger partial charge on any atom is 0.282 e. The van der Waals surface area contributed by atoms with Crippen LogP contribution >= 0.6 is 0 Å². The maximum absolute atomic E-state index is 14.4. The smallest absolute Gasteiger partial charge is 0.282 e. The molecule has 2 fully saturated rings. The van der Waals surface area contributed by atoms with Gasteiger partial charge in [0.25, 0.3) is 11.8 Å². The SMILES string of the molecule is CC(C)[C@@H](CCCN(C)CCC(=O)N(C)C)N1CC2(CCN(c3ncnnc3Oc3ccc(F)cc3C(=O)N(C(C)C)C(C)C)C2)C1. The van der Waals surface area contributed by atoms with E-state index in [1.807, 2.05) is 27.7 Å². The summed E-state index contributed by atoms with van der Waals surface area (Å²) in [5.74, 6) is 0.918. The summed E-state index contributed by atoms with van der Waals surface area (Å²) in [7, 11) is 5.70. The van der Waals surface area contributed by atoms with Crippen molar-refractivity contribution in [1.82, 2.24) is 34.8 Å². The van der Waals surface area contributed by atoms with E-state index in [1.54, 1.807) is 23.9 Å². The van der Waals surface area contributed by atoms with E-state index in [9.17, 15) is 14.0 Å². The molecule has 1 aromatic heterocycles. The summed E-state index contributed by atoms with van der Waals surface area (Å²) >= 11 is 0. The van der Waals surface area contributed by atoms with Crippen LogP contribution in [0.4, 0.5) is 10.2 Å². The summed E-state index contributed by atoms with van der Waals surface area (Å²) in [5.41, 5.74) is 0.314. The molecule has 0 unspecified atom stereocenters. The first kappa shape index (κ1) is 36.5. The van der Waals surface area contributed by atoms with Gasteiger partial charge >= 0.3 is 0 Å². The molecule has 0 aliphatic carbocycles. The highest BCUT2D eigenvalue weighted by Crippen LogP contribution is 2.44. The van der Waals surface area contributed by atoms with Crippen LogP contribution in [-0.2, 0) is 4.79 Å². The van der Waals surface area contributed by atoms with E-state index in [2.05, 4.69) is 50.8 Å². The van der Waals surface area contributed by atoms with E-state index >= 15 is 0 Å². The van der Waals surface area contributed by atoms with E-state index in [1.165, 1.54) is 24.5 Å². The summed E-state index contributed by atoms with van der Waals surface area (Å²) in [6.07, 6.45) is 5.23. The molecule has 47 heavy (non-hydrogen) atoms. The number of aromatic nitrogens is 3. The molecule has 0 N–H and O–H groups in total. The zero-order valence-electron chi connectivity index (χ0n) is 29.9. The first-order valence-electron chi connectivity index (χ1n) is 17.1. The second-order valence-electron chi connectivity index (χ2n) is 14.6. The van der Waals surface area contributed by atoms with Crippen molar-refractivity contribution in [2.24, 2.45) is 11.3 Å². The van der Waals surface area contributed by atoms with Gasteiger partial charge in [0.1, 0.15) is 17.9 Å². The van der Waals surface area contributed by atoms with Crippen molar-refractivity contribution in [1.29, 1.82) is 0 Å². The van der Waals surface area contributed by atoms with Gasteiger partial charge in [0.05, 0.1) is 5.56 Å². The Labute approximate surface area is 280 Å². The van der Waals surface area contributed by atoms with Gasteiger partial charge in [-0.2, -0.15) is 0 Å². The van der Waals surface area contributed by atoms with Crippen LogP contribution in [0.1, 0.15) is 77.6 Å². The molecule has 260 valence electrons. The average Bonchev–Trinajstić information content (AvgIpc) is 3.44. The number of amides is 2. The molecular formula is C35H55FN8O3. The van der Waals surface area contributed by atoms with E-state index in [4.69, 9.17) is 4.74 Å². The van der Waals surface area contributed by atoms with Crippen LogP contribution in [0.5, 0.6) is 11.6 Å². The summed E-state index contributed by atoms with van der Waals surface area (Å²) in [6.45, 7) is 17.8.